The summed E-state index contributed by atoms with van der Waals surface area (Å²) in [5, 5.41) is 3.37. The first kappa shape index (κ1) is 10.0. The van der Waals surface area contributed by atoms with Gasteiger partial charge >= 0.3 is 0 Å². The summed E-state index contributed by atoms with van der Waals surface area (Å²) in [6, 6.07) is 6.43. The van der Waals surface area contributed by atoms with Crippen LogP contribution in [0, 0.1) is 5.92 Å². The number of hydrogen-bond donors (Lipinski definition) is 1. The maximum atomic E-state index is 5.89. The van der Waals surface area contributed by atoms with Crippen molar-refractivity contribution in [1.29, 1.82) is 0 Å². The number of anilines is 1. The Balaban J connectivity index is 1.61. The van der Waals surface area contributed by atoms with Gasteiger partial charge < -0.3 is 10.1 Å². The van der Waals surface area contributed by atoms with E-state index in [1.54, 1.807) is 0 Å². The first-order valence-electron chi connectivity index (χ1n) is 6.41. The molecular weight excluding hydrogens is 198 g/mol. The fraction of sp³-hybridized carbons (Fsp3) is 0.571. The Bertz CT molecular complexity index is 369. The third kappa shape index (κ3) is 2.01. The molecule has 1 aliphatic carbocycles. The van der Waals surface area contributed by atoms with Crippen molar-refractivity contribution in [3.8, 4) is 5.75 Å². The summed E-state index contributed by atoms with van der Waals surface area (Å²) >= 11 is 0. The van der Waals surface area contributed by atoms with Crippen molar-refractivity contribution >= 4 is 5.69 Å². The first-order valence-corrected chi connectivity index (χ1v) is 6.41. The van der Waals surface area contributed by atoms with Crippen LogP contribution in [0.4, 0.5) is 5.69 Å². The minimum absolute atomic E-state index is 0.798. The van der Waals surface area contributed by atoms with E-state index >= 15 is 0 Å². The maximum absolute atomic E-state index is 5.89. The Kier molecular flexibility index (Phi) is 2.73. The van der Waals surface area contributed by atoms with Gasteiger partial charge in [0.15, 0.2) is 0 Å². The van der Waals surface area contributed by atoms with Gasteiger partial charge in [-0.2, -0.15) is 0 Å². The molecule has 1 fully saturated rings. The van der Waals surface area contributed by atoms with Crippen molar-refractivity contribution in [3.05, 3.63) is 23.8 Å². The van der Waals surface area contributed by atoms with E-state index in [9.17, 15) is 0 Å². The van der Waals surface area contributed by atoms with Gasteiger partial charge in [0.05, 0.1) is 6.61 Å². The third-order valence-electron chi connectivity index (χ3n) is 3.75. The van der Waals surface area contributed by atoms with Gasteiger partial charge in [-0.1, -0.05) is 12.8 Å². The molecule has 0 amide bonds. The predicted octanol–water partition coefficient (Wildman–Crippen LogP) is 3.22. The van der Waals surface area contributed by atoms with Crippen LogP contribution in [0.5, 0.6) is 5.75 Å². The highest BCUT2D eigenvalue weighted by Gasteiger charge is 2.16. The SMILES string of the molecule is c1cc2c(cc1OCC1CCCC1)CCN2. The average Bonchev–Trinajstić information content (AvgIpc) is 2.97. The Morgan fingerprint density at radius 2 is 2.12 bits per heavy atom. The number of rotatable bonds is 3. The molecule has 0 saturated heterocycles. The summed E-state index contributed by atoms with van der Waals surface area (Å²) in [5.74, 6) is 1.85. The molecule has 86 valence electrons. The van der Waals surface area contributed by atoms with Gasteiger partial charge in [-0.15, -0.1) is 0 Å². The zero-order valence-corrected chi connectivity index (χ0v) is 9.67. The lowest BCUT2D eigenvalue weighted by atomic mass is 10.1. The van der Waals surface area contributed by atoms with E-state index in [4.69, 9.17) is 4.74 Å². The molecule has 1 aromatic rings. The highest BCUT2D eigenvalue weighted by molar-refractivity contribution is 5.57. The monoisotopic (exact) mass is 217 g/mol. The highest BCUT2D eigenvalue weighted by atomic mass is 16.5. The van der Waals surface area contributed by atoms with Crippen LogP contribution in [-0.4, -0.2) is 13.2 Å². The summed E-state index contributed by atoms with van der Waals surface area (Å²) in [5.41, 5.74) is 2.69. The van der Waals surface area contributed by atoms with Crippen molar-refractivity contribution < 1.29 is 4.74 Å². The molecule has 2 nitrogen and oxygen atoms in total. The zero-order valence-electron chi connectivity index (χ0n) is 9.67. The topological polar surface area (TPSA) is 21.3 Å². The van der Waals surface area contributed by atoms with Crippen LogP contribution in [0.3, 0.4) is 0 Å². The van der Waals surface area contributed by atoms with Gasteiger partial charge in [-0.25, -0.2) is 0 Å². The number of hydrogen-bond acceptors (Lipinski definition) is 2. The van der Waals surface area contributed by atoms with Crippen LogP contribution in [0.25, 0.3) is 0 Å². The Hall–Kier alpha value is -1.18. The average molecular weight is 217 g/mol. The second-order valence-electron chi connectivity index (χ2n) is 4.96. The van der Waals surface area contributed by atoms with Crippen LogP contribution < -0.4 is 10.1 Å². The van der Waals surface area contributed by atoms with Gasteiger partial charge in [0.25, 0.3) is 0 Å². The predicted molar refractivity (Wildman–Crippen MR) is 66.1 cm³/mol. The maximum Gasteiger partial charge on any atom is 0.119 e. The molecule has 1 heterocycles. The minimum Gasteiger partial charge on any atom is -0.493 e. The Morgan fingerprint density at radius 1 is 1.25 bits per heavy atom. The third-order valence-corrected chi connectivity index (χ3v) is 3.75. The van der Waals surface area contributed by atoms with Gasteiger partial charge in [-0.05, 0) is 48.9 Å². The Morgan fingerprint density at radius 3 is 3.00 bits per heavy atom. The van der Waals surface area contributed by atoms with Crippen LogP contribution in [-0.2, 0) is 6.42 Å². The molecule has 16 heavy (non-hydrogen) atoms. The number of nitrogens with one attached hydrogen (secondary N) is 1. The smallest absolute Gasteiger partial charge is 0.119 e. The summed E-state index contributed by atoms with van der Waals surface area (Å²) in [6.07, 6.45) is 6.62. The lowest BCUT2D eigenvalue weighted by Gasteiger charge is -2.12. The molecule has 1 saturated carbocycles. The molecule has 2 aliphatic rings. The molecule has 2 heteroatoms. The molecule has 0 aromatic heterocycles. The summed E-state index contributed by atoms with van der Waals surface area (Å²) < 4.78 is 5.89. The molecule has 0 spiro atoms. The Labute approximate surface area is 97.0 Å². The van der Waals surface area contributed by atoms with E-state index < -0.39 is 0 Å². The van der Waals surface area contributed by atoms with Crippen molar-refractivity contribution in [3.63, 3.8) is 0 Å². The van der Waals surface area contributed by atoms with Gasteiger partial charge in [0.1, 0.15) is 5.75 Å². The second-order valence-corrected chi connectivity index (χ2v) is 4.96. The fourth-order valence-corrected chi connectivity index (χ4v) is 2.76. The van der Waals surface area contributed by atoms with E-state index in [1.165, 1.54) is 36.9 Å². The molecule has 1 N–H and O–H groups in total. The molecule has 0 atom stereocenters. The number of ether oxygens (including phenoxy) is 1. The second kappa shape index (κ2) is 4.36. The molecular formula is C14H19NO. The van der Waals surface area contributed by atoms with Crippen LogP contribution in [0.1, 0.15) is 31.2 Å². The van der Waals surface area contributed by atoms with Crippen molar-refractivity contribution in [1.82, 2.24) is 0 Å². The van der Waals surface area contributed by atoms with Crippen LogP contribution in [0.15, 0.2) is 18.2 Å². The zero-order chi connectivity index (χ0) is 10.8. The van der Waals surface area contributed by atoms with E-state index in [0.717, 1.165) is 31.2 Å². The lowest BCUT2D eigenvalue weighted by molar-refractivity contribution is 0.252. The molecule has 0 radical (unpaired) electrons. The van der Waals surface area contributed by atoms with Gasteiger partial charge in [0, 0.05) is 12.2 Å². The molecule has 0 bridgehead atoms. The number of fused-ring (bicyclic) bond motifs is 1. The van der Waals surface area contributed by atoms with E-state index in [1.807, 2.05) is 0 Å². The summed E-state index contributed by atoms with van der Waals surface area (Å²) in [6.45, 7) is 1.98. The summed E-state index contributed by atoms with van der Waals surface area (Å²) in [7, 11) is 0. The molecule has 0 unspecified atom stereocenters. The van der Waals surface area contributed by atoms with Crippen molar-refractivity contribution in [2.24, 2.45) is 5.92 Å². The number of benzene rings is 1. The minimum atomic E-state index is 0.798. The van der Waals surface area contributed by atoms with Gasteiger partial charge in [0.2, 0.25) is 0 Å². The lowest BCUT2D eigenvalue weighted by Crippen LogP contribution is -2.07. The normalized spacial score (nSPS) is 19.5. The van der Waals surface area contributed by atoms with Crippen molar-refractivity contribution in [2.75, 3.05) is 18.5 Å². The van der Waals surface area contributed by atoms with E-state index in [2.05, 4.69) is 23.5 Å². The highest BCUT2D eigenvalue weighted by Crippen LogP contribution is 2.29. The van der Waals surface area contributed by atoms with E-state index in [0.29, 0.717) is 0 Å². The fourth-order valence-electron chi connectivity index (χ4n) is 2.76. The summed E-state index contributed by atoms with van der Waals surface area (Å²) in [4.78, 5) is 0. The van der Waals surface area contributed by atoms with Gasteiger partial charge in [-0.3, -0.25) is 0 Å². The standard InChI is InChI=1S/C14H19NO/c1-2-4-11(3-1)10-16-13-5-6-14-12(9-13)7-8-15-14/h5-6,9,11,15H,1-4,7-8,10H2. The first-order chi connectivity index (χ1) is 7.92. The van der Waals surface area contributed by atoms with Crippen LogP contribution >= 0.6 is 0 Å². The quantitative estimate of drug-likeness (QED) is 0.839. The van der Waals surface area contributed by atoms with Crippen molar-refractivity contribution in [2.45, 2.75) is 32.1 Å². The van der Waals surface area contributed by atoms with Crippen LogP contribution in [0.2, 0.25) is 0 Å². The molecule has 1 aliphatic heterocycles. The van der Waals surface area contributed by atoms with E-state index in [-0.39, 0.29) is 0 Å². The molecule has 3 rings (SSSR count). The molecule has 1 aromatic carbocycles. The largest absolute Gasteiger partial charge is 0.493 e.